The summed E-state index contributed by atoms with van der Waals surface area (Å²) < 4.78 is 13.6. The second-order valence-electron chi connectivity index (χ2n) is 7.55. The quantitative estimate of drug-likeness (QED) is 0.278. The maximum atomic E-state index is 13.0. The Morgan fingerprint density at radius 2 is 1.10 bits per heavy atom. The summed E-state index contributed by atoms with van der Waals surface area (Å²) in [6.45, 7) is 11.6. The average Bonchev–Trinajstić information content (AvgIpc) is 2.81. The molecule has 2 aromatic rings. The zero-order chi connectivity index (χ0) is 22.7. The summed E-state index contributed by atoms with van der Waals surface area (Å²) in [4.78, 5) is 26.0. The molecule has 164 valence electrons. The molecule has 2 rings (SSSR count). The van der Waals surface area contributed by atoms with E-state index in [-0.39, 0.29) is 0 Å². The third-order valence-electron chi connectivity index (χ3n) is 5.14. The molecule has 0 aliphatic carbocycles. The first-order valence-electron chi connectivity index (χ1n) is 10.9. The molecule has 0 saturated heterocycles. The van der Waals surface area contributed by atoms with Crippen molar-refractivity contribution >= 4 is 43.3 Å². The van der Waals surface area contributed by atoms with Crippen molar-refractivity contribution < 1.29 is 15.7 Å². The van der Waals surface area contributed by atoms with Gasteiger partial charge in [-0.05, 0) is 0 Å². The van der Waals surface area contributed by atoms with Crippen molar-refractivity contribution in [1.29, 1.82) is 0 Å². The Kier molecular flexibility index (Phi) is 10.0. The number of unbranched alkanes of at least 4 members (excludes halogenated alkanes) is 2. The van der Waals surface area contributed by atoms with E-state index in [1.54, 1.807) is 36.4 Å². The molecule has 4 nitrogen and oxygen atoms in total. The maximum absolute atomic E-state index is 13.0. The molecule has 0 amide bonds. The molecule has 0 aliphatic heterocycles. The SMILES string of the molecule is C=Cc1ccc(C(=O)[O][Sn]([CH2]CCC)([CH2]CCC)[O]C(=O)c2ccc(C=C)cc2)cc1. The molecule has 0 radical (unpaired) electrons. The van der Waals surface area contributed by atoms with E-state index in [0.29, 0.717) is 20.0 Å². The predicted octanol–water partition coefficient (Wildman–Crippen LogP) is 7.03. The molecule has 0 aromatic heterocycles. The fourth-order valence-corrected chi connectivity index (χ4v) is 12.9. The molecule has 5 heteroatoms. The molecule has 0 bridgehead atoms. The topological polar surface area (TPSA) is 52.6 Å². The van der Waals surface area contributed by atoms with Crippen molar-refractivity contribution in [3.05, 3.63) is 83.9 Å². The van der Waals surface area contributed by atoms with Gasteiger partial charge in [-0.2, -0.15) is 0 Å². The van der Waals surface area contributed by atoms with Crippen molar-refractivity contribution in [2.75, 3.05) is 0 Å². The van der Waals surface area contributed by atoms with Crippen molar-refractivity contribution in [3.8, 4) is 0 Å². The van der Waals surface area contributed by atoms with Gasteiger partial charge in [-0.15, -0.1) is 0 Å². The van der Waals surface area contributed by atoms with Gasteiger partial charge in [-0.3, -0.25) is 0 Å². The number of carbonyl (C=O) groups is 2. The first-order valence-corrected chi connectivity index (χ1v) is 17.2. The fourth-order valence-electron chi connectivity index (χ4n) is 3.21. The van der Waals surface area contributed by atoms with Crippen LogP contribution in [0, 0.1) is 0 Å². The average molecular weight is 527 g/mol. The second-order valence-corrected chi connectivity index (χ2v) is 16.8. The molecule has 0 heterocycles. The summed E-state index contributed by atoms with van der Waals surface area (Å²) in [7, 11) is 0. The van der Waals surface area contributed by atoms with E-state index >= 15 is 0 Å². The standard InChI is InChI=1S/2C9H8O2.2C4H9.Sn/c2*1-2-7-3-5-8(6-4-7)9(10)11;2*1-3-4-2;/h2*2-6H,1H2,(H,10,11);2*1,3-4H2,2H3;/q;;;;+2/p-2. The van der Waals surface area contributed by atoms with Crippen LogP contribution in [0.3, 0.4) is 0 Å². The zero-order valence-corrected chi connectivity index (χ0v) is 21.4. The van der Waals surface area contributed by atoms with Crippen LogP contribution in [0.25, 0.3) is 12.2 Å². The molecule has 0 unspecified atom stereocenters. The van der Waals surface area contributed by atoms with E-state index in [1.165, 1.54) is 0 Å². The summed E-state index contributed by atoms with van der Waals surface area (Å²) in [6.07, 6.45) is 7.07. The van der Waals surface area contributed by atoms with Crippen molar-refractivity contribution in [1.82, 2.24) is 0 Å². The molecule has 2 aromatic carbocycles. The number of hydrogen-bond donors (Lipinski definition) is 0. The Morgan fingerprint density at radius 3 is 1.39 bits per heavy atom. The Balaban J connectivity index is 2.30. The molecule has 0 atom stereocenters. The van der Waals surface area contributed by atoms with Crippen LogP contribution in [0.5, 0.6) is 0 Å². The first-order chi connectivity index (χ1) is 15.0. The van der Waals surface area contributed by atoms with Gasteiger partial charge >= 0.3 is 191 Å². The predicted molar refractivity (Wildman–Crippen MR) is 129 cm³/mol. The molecule has 0 fully saturated rings. The minimum absolute atomic E-state index is 0.409. The number of hydrogen-bond acceptors (Lipinski definition) is 4. The van der Waals surface area contributed by atoms with Gasteiger partial charge in [0.2, 0.25) is 0 Å². The van der Waals surface area contributed by atoms with Gasteiger partial charge in [0.25, 0.3) is 0 Å². The van der Waals surface area contributed by atoms with Crippen molar-refractivity contribution in [2.45, 2.75) is 48.4 Å². The summed E-state index contributed by atoms with van der Waals surface area (Å²) in [6, 6.07) is 14.2. The van der Waals surface area contributed by atoms with E-state index in [4.69, 9.17) is 6.15 Å². The molecular formula is C26H32O4Sn. The van der Waals surface area contributed by atoms with Crippen LogP contribution in [0.15, 0.2) is 61.7 Å². The van der Waals surface area contributed by atoms with Gasteiger partial charge in [0.15, 0.2) is 0 Å². The second kappa shape index (κ2) is 12.5. The van der Waals surface area contributed by atoms with Gasteiger partial charge in [0.05, 0.1) is 0 Å². The number of rotatable bonds is 12. The number of benzene rings is 2. The van der Waals surface area contributed by atoms with Gasteiger partial charge in [-0.1, -0.05) is 0 Å². The monoisotopic (exact) mass is 528 g/mol. The Hall–Kier alpha value is -2.34. The summed E-state index contributed by atoms with van der Waals surface area (Å²) in [5.41, 5.74) is 2.78. The van der Waals surface area contributed by atoms with Crippen LogP contribution in [0.2, 0.25) is 8.87 Å². The van der Waals surface area contributed by atoms with Gasteiger partial charge in [0, 0.05) is 0 Å². The van der Waals surface area contributed by atoms with E-state index in [0.717, 1.165) is 36.8 Å². The Labute approximate surface area is 190 Å². The van der Waals surface area contributed by atoms with Gasteiger partial charge < -0.3 is 0 Å². The Bertz CT molecular complexity index is 809. The van der Waals surface area contributed by atoms with Crippen LogP contribution >= 0.6 is 0 Å². The molecule has 0 N–H and O–H groups in total. The third-order valence-corrected chi connectivity index (χ3v) is 14.7. The van der Waals surface area contributed by atoms with E-state index in [1.807, 2.05) is 24.3 Å². The zero-order valence-electron chi connectivity index (χ0n) is 18.6. The van der Waals surface area contributed by atoms with Crippen LogP contribution in [0.4, 0.5) is 0 Å². The summed E-state index contributed by atoms with van der Waals surface area (Å²) in [5.74, 6) is -0.818. The van der Waals surface area contributed by atoms with Crippen LogP contribution < -0.4 is 0 Å². The van der Waals surface area contributed by atoms with Crippen LogP contribution in [-0.4, -0.2) is 31.1 Å². The van der Waals surface area contributed by atoms with Crippen LogP contribution in [-0.2, 0) is 6.15 Å². The molecule has 0 spiro atoms. The van der Waals surface area contributed by atoms with E-state index in [2.05, 4.69) is 27.0 Å². The molecule has 0 saturated carbocycles. The molecule has 31 heavy (non-hydrogen) atoms. The normalized spacial score (nSPS) is 10.9. The molecule has 0 aliphatic rings. The van der Waals surface area contributed by atoms with Crippen LogP contribution in [0.1, 0.15) is 71.4 Å². The minimum atomic E-state index is -4.04. The number of carbonyl (C=O) groups excluding carboxylic acids is 2. The van der Waals surface area contributed by atoms with Crippen molar-refractivity contribution in [3.63, 3.8) is 0 Å². The van der Waals surface area contributed by atoms with E-state index in [9.17, 15) is 9.59 Å². The molecular weight excluding hydrogens is 495 g/mol. The van der Waals surface area contributed by atoms with Crippen molar-refractivity contribution in [2.24, 2.45) is 0 Å². The van der Waals surface area contributed by atoms with Gasteiger partial charge in [-0.25, -0.2) is 0 Å². The van der Waals surface area contributed by atoms with E-state index < -0.39 is 31.1 Å². The first kappa shape index (κ1) is 24.9. The summed E-state index contributed by atoms with van der Waals surface area (Å²) in [5, 5.41) is 0. The summed E-state index contributed by atoms with van der Waals surface area (Å²) >= 11 is -4.04. The third kappa shape index (κ3) is 7.38. The fraction of sp³-hybridized carbons (Fsp3) is 0.308. The van der Waals surface area contributed by atoms with Gasteiger partial charge in [0.1, 0.15) is 0 Å². The Morgan fingerprint density at radius 1 is 0.742 bits per heavy atom.